The monoisotopic (exact) mass is 358 g/mol. The van der Waals surface area contributed by atoms with Crippen molar-refractivity contribution in [2.75, 3.05) is 0 Å². The van der Waals surface area contributed by atoms with Crippen molar-refractivity contribution in [3.8, 4) is 11.3 Å². The predicted molar refractivity (Wildman–Crippen MR) is 85.4 cm³/mol. The van der Waals surface area contributed by atoms with Crippen molar-refractivity contribution < 1.29 is 4.92 Å². The molecule has 0 saturated heterocycles. The van der Waals surface area contributed by atoms with E-state index in [1.54, 1.807) is 16.8 Å². The Hall–Kier alpha value is -2.54. The molecule has 22 heavy (non-hydrogen) atoms. The maximum atomic E-state index is 11.2. The van der Waals surface area contributed by atoms with Crippen molar-refractivity contribution >= 4 is 21.7 Å². The van der Waals surface area contributed by atoms with E-state index >= 15 is 0 Å². The van der Waals surface area contributed by atoms with E-state index in [9.17, 15) is 10.1 Å². The van der Waals surface area contributed by atoms with Gasteiger partial charge in [0, 0.05) is 10.0 Å². The van der Waals surface area contributed by atoms with Gasteiger partial charge in [0.1, 0.15) is 5.10 Å². The molecule has 0 unspecified atom stereocenters. The normalized spacial score (nSPS) is 10.6. The van der Waals surface area contributed by atoms with E-state index < -0.39 is 4.92 Å². The maximum absolute atomic E-state index is 11.2. The summed E-state index contributed by atoms with van der Waals surface area (Å²) in [6, 6.07) is 16.9. The van der Waals surface area contributed by atoms with Crippen LogP contribution < -0.4 is 0 Å². The van der Waals surface area contributed by atoms with Crippen LogP contribution in [0.3, 0.4) is 0 Å². The Morgan fingerprint density at radius 3 is 2.41 bits per heavy atom. The minimum atomic E-state index is -0.508. The molecule has 110 valence electrons. The first-order chi connectivity index (χ1) is 10.6. The smallest absolute Gasteiger partial charge is 0.358 e. The highest BCUT2D eigenvalue weighted by atomic mass is 79.9. The second-order valence-electron chi connectivity index (χ2n) is 4.67. The average molecular weight is 359 g/mol. The first kappa shape index (κ1) is 14.4. The standard InChI is InChI=1S/C15H11BrN4O2/c16-13-8-6-12(7-9-13)14-15(20(21)22)17-18-19(14)10-11-4-2-1-3-5-11/h1-9H,10H2. The molecule has 0 amide bonds. The van der Waals surface area contributed by atoms with Crippen LogP contribution in [0.2, 0.25) is 0 Å². The van der Waals surface area contributed by atoms with Gasteiger partial charge >= 0.3 is 5.82 Å². The number of halogens is 1. The molecule has 0 saturated carbocycles. The molecule has 0 bridgehead atoms. The van der Waals surface area contributed by atoms with E-state index in [0.717, 1.165) is 10.0 Å². The van der Waals surface area contributed by atoms with E-state index in [-0.39, 0.29) is 5.82 Å². The Kier molecular flexibility index (Phi) is 3.97. The summed E-state index contributed by atoms with van der Waals surface area (Å²) in [7, 11) is 0. The summed E-state index contributed by atoms with van der Waals surface area (Å²) in [6.45, 7) is 0.424. The van der Waals surface area contributed by atoms with E-state index in [1.807, 2.05) is 42.5 Å². The SMILES string of the molecule is O=[N+]([O-])c1nnn(Cc2ccccc2)c1-c1ccc(Br)cc1. The van der Waals surface area contributed by atoms with Crippen LogP contribution in [-0.2, 0) is 6.54 Å². The summed E-state index contributed by atoms with van der Waals surface area (Å²) in [5.74, 6) is -0.238. The zero-order valence-corrected chi connectivity index (χ0v) is 13.0. The lowest BCUT2D eigenvalue weighted by Gasteiger charge is -2.05. The van der Waals surface area contributed by atoms with Gasteiger partial charge in [-0.3, -0.25) is 0 Å². The molecule has 7 heteroatoms. The summed E-state index contributed by atoms with van der Waals surface area (Å²) in [5, 5.41) is 18.9. The molecule has 0 aliphatic heterocycles. The van der Waals surface area contributed by atoms with Crippen LogP contribution >= 0.6 is 15.9 Å². The lowest BCUT2D eigenvalue weighted by Crippen LogP contribution is -2.04. The van der Waals surface area contributed by atoms with Crippen molar-refractivity contribution in [3.05, 3.63) is 74.7 Å². The number of nitro groups is 1. The number of aromatic nitrogens is 3. The third kappa shape index (κ3) is 2.89. The van der Waals surface area contributed by atoms with Crippen molar-refractivity contribution in [1.82, 2.24) is 15.0 Å². The highest BCUT2D eigenvalue weighted by molar-refractivity contribution is 9.10. The van der Waals surface area contributed by atoms with E-state index in [1.165, 1.54) is 0 Å². The van der Waals surface area contributed by atoms with Gasteiger partial charge in [-0.05, 0) is 22.6 Å². The molecule has 0 radical (unpaired) electrons. The van der Waals surface area contributed by atoms with Gasteiger partial charge < -0.3 is 10.1 Å². The van der Waals surface area contributed by atoms with Gasteiger partial charge in [0.2, 0.25) is 0 Å². The molecule has 3 rings (SSSR count). The second kappa shape index (κ2) is 6.07. The van der Waals surface area contributed by atoms with Crippen LogP contribution in [0.15, 0.2) is 59.1 Å². The first-order valence-electron chi connectivity index (χ1n) is 6.53. The van der Waals surface area contributed by atoms with Crippen LogP contribution in [0, 0.1) is 10.1 Å². The minimum absolute atomic E-state index is 0.238. The first-order valence-corrected chi connectivity index (χ1v) is 7.32. The summed E-state index contributed by atoms with van der Waals surface area (Å²) in [4.78, 5) is 10.7. The van der Waals surface area contributed by atoms with Crippen molar-refractivity contribution in [2.45, 2.75) is 6.54 Å². The predicted octanol–water partition coefficient (Wildman–Crippen LogP) is 3.66. The Labute approximate surface area is 134 Å². The Bertz CT molecular complexity index is 800. The zero-order chi connectivity index (χ0) is 15.5. The maximum Gasteiger partial charge on any atom is 0.418 e. The highest BCUT2D eigenvalue weighted by Crippen LogP contribution is 2.29. The molecule has 0 N–H and O–H groups in total. The Morgan fingerprint density at radius 2 is 1.77 bits per heavy atom. The largest absolute Gasteiger partial charge is 0.418 e. The van der Waals surface area contributed by atoms with Gasteiger partial charge in [-0.25, -0.2) is 4.68 Å². The lowest BCUT2D eigenvalue weighted by atomic mass is 10.1. The van der Waals surface area contributed by atoms with Gasteiger partial charge in [0.25, 0.3) is 0 Å². The van der Waals surface area contributed by atoms with Crippen molar-refractivity contribution in [2.24, 2.45) is 0 Å². The zero-order valence-electron chi connectivity index (χ0n) is 11.4. The number of nitrogens with zero attached hydrogens (tertiary/aromatic N) is 4. The number of hydrogen-bond donors (Lipinski definition) is 0. The summed E-state index contributed by atoms with van der Waals surface area (Å²) < 4.78 is 2.46. The number of benzene rings is 2. The van der Waals surface area contributed by atoms with Crippen molar-refractivity contribution in [3.63, 3.8) is 0 Å². The molecule has 3 aromatic rings. The molecule has 0 aliphatic rings. The molecule has 6 nitrogen and oxygen atoms in total. The van der Waals surface area contributed by atoms with Crippen LogP contribution in [-0.4, -0.2) is 19.9 Å². The summed E-state index contributed by atoms with van der Waals surface area (Å²) in [6.07, 6.45) is 0. The molecule has 0 spiro atoms. The molecule has 1 aromatic heterocycles. The van der Waals surface area contributed by atoms with E-state index in [2.05, 4.69) is 26.2 Å². The van der Waals surface area contributed by atoms with Crippen LogP contribution in [0.4, 0.5) is 5.82 Å². The van der Waals surface area contributed by atoms with Crippen LogP contribution in [0.5, 0.6) is 0 Å². The molecule has 0 fully saturated rings. The summed E-state index contributed by atoms with van der Waals surface area (Å²) in [5.41, 5.74) is 2.11. The fourth-order valence-corrected chi connectivity index (χ4v) is 2.44. The molecule has 2 aromatic carbocycles. The molecule has 0 atom stereocenters. The minimum Gasteiger partial charge on any atom is -0.358 e. The van der Waals surface area contributed by atoms with Gasteiger partial charge in [-0.1, -0.05) is 58.4 Å². The quantitative estimate of drug-likeness (QED) is 0.526. The fourth-order valence-electron chi connectivity index (χ4n) is 2.18. The molecular formula is C15H11BrN4O2. The third-order valence-corrected chi connectivity index (χ3v) is 3.71. The number of rotatable bonds is 4. The van der Waals surface area contributed by atoms with Crippen molar-refractivity contribution in [1.29, 1.82) is 0 Å². The van der Waals surface area contributed by atoms with Gasteiger partial charge in [-0.2, -0.15) is 0 Å². The van der Waals surface area contributed by atoms with Gasteiger partial charge in [0.15, 0.2) is 5.69 Å². The van der Waals surface area contributed by atoms with E-state index in [0.29, 0.717) is 17.8 Å². The fraction of sp³-hybridized carbons (Fsp3) is 0.0667. The average Bonchev–Trinajstić information content (AvgIpc) is 2.93. The van der Waals surface area contributed by atoms with E-state index in [4.69, 9.17) is 0 Å². The highest BCUT2D eigenvalue weighted by Gasteiger charge is 2.25. The molecule has 0 aliphatic carbocycles. The molecule has 1 heterocycles. The Balaban J connectivity index is 2.07. The topological polar surface area (TPSA) is 73.8 Å². The lowest BCUT2D eigenvalue weighted by molar-refractivity contribution is -0.388. The van der Waals surface area contributed by atoms with Gasteiger partial charge in [-0.15, -0.1) is 0 Å². The third-order valence-electron chi connectivity index (χ3n) is 3.18. The second-order valence-corrected chi connectivity index (χ2v) is 5.58. The van der Waals surface area contributed by atoms with Crippen LogP contribution in [0.1, 0.15) is 5.56 Å². The molecular weight excluding hydrogens is 348 g/mol. The van der Waals surface area contributed by atoms with Crippen LogP contribution in [0.25, 0.3) is 11.3 Å². The summed E-state index contributed by atoms with van der Waals surface area (Å²) >= 11 is 3.36. The number of hydrogen-bond acceptors (Lipinski definition) is 4. The Morgan fingerprint density at radius 1 is 1.09 bits per heavy atom. The van der Waals surface area contributed by atoms with Gasteiger partial charge in [0.05, 0.1) is 11.8 Å².